The number of aromatic hydroxyl groups is 1. The first-order valence-electron chi connectivity index (χ1n) is 11.7. The molecule has 0 aliphatic heterocycles. The summed E-state index contributed by atoms with van der Waals surface area (Å²) in [7, 11) is 0. The van der Waals surface area contributed by atoms with Gasteiger partial charge in [-0.1, -0.05) is 38.1 Å². The number of rotatable bonds is 16. The van der Waals surface area contributed by atoms with Crippen LogP contribution in [0.15, 0.2) is 42.6 Å². The summed E-state index contributed by atoms with van der Waals surface area (Å²) in [5.74, 6) is 0.466. The van der Waals surface area contributed by atoms with Crippen LogP contribution >= 0.6 is 0 Å². The zero-order valence-corrected chi connectivity index (χ0v) is 20.1. The molecule has 0 saturated heterocycles. The molecule has 0 fully saturated rings. The number of ether oxygens (including phenoxy) is 2. The van der Waals surface area contributed by atoms with E-state index in [9.17, 15) is 15.3 Å². The summed E-state index contributed by atoms with van der Waals surface area (Å²) in [4.78, 5) is 6.02. The standard InChI is InChI=1S/C26H38N2O6/c1-20(2)23(16-29)18-33-13-11-28(12-14-34-19-25(31)17-30)24-8-5-21(6-9-24)3-4-22-7-10-26(32)27-15-22/h3-10,15,20,23,25,29-31H,11-14,16-19H2,1-2H3,(H,27,32)/b4-3+. The van der Waals surface area contributed by atoms with Crippen molar-refractivity contribution in [1.29, 1.82) is 0 Å². The van der Waals surface area contributed by atoms with Crippen LogP contribution in [0, 0.1) is 11.8 Å². The second-order valence-electron chi connectivity index (χ2n) is 8.53. The largest absolute Gasteiger partial charge is 0.493 e. The number of hydrogen-bond donors (Lipinski definition) is 4. The van der Waals surface area contributed by atoms with Gasteiger partial charge in [-0.15, -0.1) is 0 Å². The molecule has 188 valence electrons. The number of anilines is 1. The number of benzene rings is 1. The molecule has 8 heteroatoms. The van der Waals surface area contributed by atoms with Crippen molar-refractivity contribution in [1.82, 2.24) is 4.98 Å². The van der Waals surface area contributed by atoms with Gasteiger partial charge in [0, 0.05) is 43.6 Å². The Morgan fingerprint density at radius 3 is 2.06 bits per heavy atom. The second kappa shape index (κ2) is 15.4. The first kappa shape index (κ1) is 27.8. The summed E-state index contributed by atoms with van der Waals surface area (Å²) in [6.45, 7) is 6.69. The fraction of sp³-hybridized carbons (Fsp3) is 0.500. The van der Waals surface area contributed by atoms with Crippen LogP contribution in [0.2, 0.25) is 0 Å². The maximum absolute atomic E-state index is 9.48. The molecule has 0 radical (unpaired) electrons. The fourth-order valence-corrected chi connectivity index (χ4v) is 3.17. The van der Waals surface area contributed by atoms with E-state index in [1.165, 1.54) is 0 Å². The van der Waals surface area contributed by atoms with Crippen molar-refractivity contribution in [2.24, 2.45) is 11.8 Å². The highest BCUT2D eigenvalue weighted by Crippen LogP contribution is 2.18. The van der Waals surface area contributed by atoms with Gasteiger partial charge in [0.2, 0.25) is 5.88 Å². The van der Waals surface area contributed by atoms with Crippen molar-refractivity contribution >= 4 is 17.8 Å². The molecule has 1 aromatic carbocycles. The molecule has 2 atom stereocenters. The molecule has 2 unspecified atom stereocenters. The summed E-state index contributed by atoms with van der Waals surface area (Å²) in [6, 6.07) is 11.4. The number of pyridine rings is 1. The van der Waals surface area contributed by atoms with Gasteiger partial charge in [0.1, 0.15) is 6.10 Å². The second-order valence-corrected chi connectivity index (χ2v) is 8.53. The SMILES string of the molecule is CC(C)C(CO)COCCN(CCOCC(O)CO)c1ccc(/C=C/c2ccc(O)nc2)cc1. The first-order valence-corrected chi connectivity index (χ1v) is 11.7. The Labute approximate surface area is 202 Å². The maximum atomic E-state index is 9.48. The van der Waals surface area contributed by atoms with E-state index >= 15 is 0 Å². The molecule has 0 bridgehead atoms. The van der Waals surface area contributed by atoms with Gasteiger partial charge >= 0.3 is 0 Å². The van der Waals surface area contributed by atoms with Gasteiger partial charge in [0.15, 0.2) is 0 Å². The quantitative estimate of drug-likeness (QED) is 0.274. The van der Waals surface area contributed by atoms with Gasteiger partial charge in [-0.3, -0.25) is 0 Å². The van der Waals surface area contributed by atoms with Crippen LogP contribution in [0.3, 0.4) is 0 Å². The van der Waals surface area contributed by atoms with Crippen LogP contribution in [0.5, 0.6) is 5.88 Å². The Bertz CT molecular complexity index is 826. The molecule has 0 saturated carbocycles. The molecule has 0 aliphatic rings. The van der Waals surface area contributed by atoms with E-state index < -0.39 is 6.10 Å². The molecule has 0 amide bonds. The van der Waals surface area contributed by atoms with Gasteiger partial charge < -0.3 is 34.8 Å². The summed E-state index contributed by atoms with van der Waals surface area (Å²) in [5.41, 5.74) is 2.93. The summed E-state index contributed by atoms with van der Waals surface area (Å²) >= 11 is 0. The third-order valence-electron chi connectivity index (χ3n) is 5.54. The van der Waals surface area contributed by atoms with Crippen LogP contribution in [-0.2, 0) is 9.47 Å². The van der Waals surface area contributed by atoms with E-state index in [1.54, 1.807) is 18.3 Å². The Kier molecular flexibility index (Phi) is 12.6. The molecule has 1 heterocycles. The van der Waals surface area contributed by atoms with E-state index in [2.05, 4.69) is 23.7 Å². The van der Waals surface area contributed by atoms with Gasteiger partial charge in [-0.25, -0.2) is 4.98 Å². The Hall–Kier alpha value is -2.49. The molecule has 2 aromatic rings. The van der Waals surface area contributed by atoms with Crippen LogP contribution in [-0.4, -0.2) is 84.2 Å². The van der Waals surface area contributed by atoms with Crippen molar-refractivity contribution < 1.29 is 29.9 Å². The van der Waals surface area contributed by atoms with Crippen LogP contribution in [0.1, 0.15) is 25.0 Å². The Morgan fingerprint density at radius 2 is 1.50 bits per heavy atom. The minimum Gasteiger partial charge on any atom is -0.493 e. The first-order chi connectivity index (χ1) is 16.4. The predicted octanol–water partition coefficient (Wildman–Crippen LogP) is 2.41. The summed E-state index contributed by atoms with van der Waals surface area (Å²) < 4.78 is 11.3. The van der Waals surface area contributed by atoms with Crippen molar-refractivity contribution in [3.63, 3.8) is 0 Å². The van der Waals surface area contributed by atoms with E-state index in [0.717, 1.165) is 16.8 Å². The molecule has 0 spiro atoms. The molecule has 0 aliphatic carbocycles. The lowest BCUT2D eigenvalue weighted by molar-refractivity contribution is 0.00800. The number of aromatic nitrogens is 1. The highest BCUT2D eigenvalue weighted by Gasteiger charge is 2.13. The fourth-order valence-electron chi connectivity index (χ4n) is 3.17. The van der Waals surface area contributed by atoms with E-state index in [-0.39, 0.29) is 31.6 Å². The molecule has 1 aromatic heterocycles. The van der Waals surface area contributed by atoms with Crippen LogP contribution in [0.4, 0.5) is 5.69 Å². The minimum atomic E-state index is -0.877. The van der Waals surface area contributed by atoms with Crippen LogP contribution < -0.4 is 4.90 Å². The molecular weight excluding hydrogens is 436 g/mol. The number of aliphatic hydroxyl groups is 3. The van der Waals surface area contributed by atoms with Crippen molar-refractivity contribution in [2.45, 2.75) is 20.0 Å². The van der Waals surface area contributed by atoms with Gasteiger partial charge in [-0.05, 0) is 35.2 Å². The van der Waals surface area contributed by atoms with Crippen molar-refractivity contribution in [3.8, 4) is 5.88 Å². The lowest BCUT2D eigenvalue weighted by atomic mass is 9.98. The van der Waals surface area contributed by atoms with Gasteiger partial charge in [-0.2, -0.15) is 0 Å². The highest BCUT2D eigenvalue weighted by atomic mass is 16.5. The molecule has 34 heavy (non-hydrogen) atoms. The minimum absolute atomic E-state index is 0.00323. The lowest BCUT2D eigenvalue weighted by Gasteiger charge is -2.26. The Morgan fingerprint density at radius 1 is 0.882 bits per heavy atom. The maximum Gasteiger partial charge on any atom is 0.210 e. The number of hydrogen-bond acceptors (Lipinski definition) is 8. The predicted molar refractivity (Wildman–Crippen MR) is 134 cm³/mol. The molecule has 8 nitrogen and oxygen atoms in total. The molecular formula is C26H38N2O6. The lowest BCUT2D eigenvalue weighted by Crippen LogP contribution is -2.33. The average Bonchev–Trinajstić information content (AvgIpc) is 2.84. The summed E-state index contributed by atoms with van der Waals surface area (Å²) in [5, 5.41) is 37.2. The topological polar surface area (TPSA) is 116 Å². The Balaban J connectivity index is 1.96. The number of aliphatic hydroxyl groups excluding tert-OH is 3. The van der Waals surface area contributed by atoms with E-state index in [1.807, 2.05) is 36.4 Å². The zero-order valence-electron chi connectivity index (χ0n) is 20.1. The van der Waals surface area contributed by atoms with E-state index in [4.69, 9.17) is 14.6 Å². The summed E-state index contributed by atoms with van der Waals surface area (Å²) in [6.07, 6.45) is 4.64. The smallest absolute Gasteiger partial charge is 0.210 e. The molecule has 2 rings (SSSR count). The highest BCUT2D eigenvalue weighted by molar-refractivity contribution is 5.70. The zero-order chi connectivity index (χ0) is 24.8. The normalized spacial score (nSPS) is 13.5. The average molecular weight is 475 g/mol. The van der Waals surface area contributed by atoms with Crippen LogP contribution in [0.25, 0.3) is 12.2 Å². The third kappa shape index (κ3) is 10.2. The molecule has 4 N–H and O–H groups in total. The van der Waals surface area contributed by atoms with E-state index in [0.29, 0.717) is 38.8 Å². The monoisotopic (exact) mass is 474 g/mol. The van der Waals surface area contributed by atoms with Gasteiger partial charge in [0.05, 0.1) is 33.0 Å². The number of nitrogens with zero attached hydrogens (tertiary/aromatic N) is 2. The third-order valence-corrected chi connectivity index (χ3v) is 5.54. The van der Waals surface area contributed by atoms with Gasteiger partial charge in [0.25, 0.3) is 0 Å². The van der Waals surface area contributed by atoms with Crippen molar-refractivity contribution in [2.75, 3.05) is 57.6 Å². The van der Waals surface area contributed by atoms with Crippen molar-refractivity contribution in [3.05, 3.63) is 53.7 Å².